The molecular weight excluding hydrogens is 296 g/mol. The number of aromatic nitrogens is 2. The lowest BCUT2D eigenvalue weighted by atomic mass is 10.2. The number of amides is 1. The molecule has 1 atom stereocenters. The molecule has 0 saturated heterocycles. The summed E-state index contributed by atoms with van der Waals surface area (Å²) in [7, 11) is 1.62. The van der Waals surface area contributed by atoms with Crippen LogP contribution >= 0.6 is 22.9 Å². The number of nitrogens with zero attached hydrogens (tertiary/aromatic N) is 2. The van der Waals surface area contributed by atoms with Gasteiger partial charge in [-0.25, -0.2) is 0 Å². The Balaban J connectivity index is 1.68. The van der Waals surface area contributed by atoms with Crippen molar-refractivity contribution in [3.8, 4) is 0 Å². The zero-order valence-electron chi connectivity index (χ0n) is 11.0. The van der Waals surface area contributed by atoms with E-state index in [1.54, 1.807) is 29.3 Å². The molecule has 2 aromatic rings. The summed E-state index contributed by atoms with van der Waals surface area (Å²) in [5, 5.41) is 10.2. The predicted octanol–water partition coefficient (Wildman–Crippen LogP) is 2.44. The third kappa shape index (κ3) is 2.66. The van der Waals surface area contributed by atoms with Crippen LogP contribution in [0.1, 0.15) is 22.9 Å². The number of likely N-dealkylation sites (N-methyl/N-ethyl adjacent to an activating group) is 1. The monoisotopic (exact) mass is 310 g/mol. The number of anilines is 1. The maximum atomic E-state index is 11.3. The van der Waals surface area contributed by atoms with Crippen molar-refractivity contribution in [2.45, 2.75) is 25.4 Å². The van der Waals surface area contributed by atoms with Gasteiger partial charge < -0.3 is 10.6 Å². The van der Waals surface area contributed by atoms with Gasteiger partial charge in [0.05, 0.1) is 22.3 Å². The van der Waals surface area contributed by atoms with E-state index in [1.165, 1.54) is 10.4 Å². The summed E-state index contributed by atoms with van der Waals surface area (Å²) in [4.78, 5) is 12.7. The summed E-state index contributed by atoms with van der Waals surface area (Å²) < 4.78 is 2.47. The van der Waals surface area contributed by atoms with Crippen molar-refractivity contribution in [2.24, 2.45) is 0 Å². The van der Waals surface area contributed by atoms with Crippen molar-refractivity contribution in [2.75, 3.05) is 12.4 Å². The van der Waals surface area contributed by atoms with E-state index in [1.807, 2.05) is 12.3 Å². The van der Waals surface area contributed by atoms with Gasteiger partial charge >= 0.3 is 0 Å². The van der Waals surface area contributed by atoms with Crippen LogP contribution < -0.4 is 10.6 Å². The number of thiophene rings is 1. The molecule has 0 radical (unpaired) electrons. The standard InChI is InChI=1S/C13H15ClN4OS/c1-15-13(19)7-18-6-8(5-16-18)17-10-2-3-11-9(10)4-12(14)20-11/h4-6,10,17H,2-3,7H2,1H3,(H,15,19). The van der Waals surface area contributed by atoms with Crippen LogP contribution in [0.3, 0.4) is 0 Å². The maximum Gasteiger partial charge on any atom is 0.241 e. The van der Waals surface area contributed by atoms with Crippen LogP contribution in [0.5, 0.6) is 0 Å². The summed E-state index contributed by atoms with van der Waals surface area (Å²) in [6.45, 7) is 0.234. The minimum atomic E-state index is -0.0626. The number of fused-ring (bicyclic) bond motifs is 1. The van der Waals surface area contributed by atoms with Gasteiger partial charge in [0.25, 0.3) is 0 Å². The van der Waals surface area contributed by atoms with E-state index in [-0.39, 0.29) is 18.5 Å². The molecular formula is C13H15ClN4OS. The fourth-order valence-electron chi connectivity index (χ4n) is 2.43. The van der Waals surface area contributed by atoms with E-state index >= 15 is 0 Å². The molecule has 0 saturated carbocycles. The molecule has 20 heavy (non-hydrogen) atoms. The van der Waals surface area contributed by atoms with E-state index < -0.39 is 0 Å². The van der Waals surface area contributed by atoms with Gasteiger partial charge in [-0.1, -0.05) is 11.6 Å². The van der Waals surface area contributed by atoms with Gasteiger partial charge in [0.2, 0.25) is 5.91 Å². The van der Waals surface area contributed by atoms with Crippen LogP contribution in [0.4, 0.5) is 5.69 Å². The van der Waals surface area contributed by atoms with E-state index in [0.717, 1.165) is 22.9 Å². The topological polar surface area (TPSA) is 59.0 Å². The second-order valence-corrected chi connectivity index (χ2v) is 6.53. The first kappa shape index (κ1) is 13.5. The zero-order chi connectivity index (χ0) is 14.1. The molecule has 2 N–H and O–H groups in total. The largest absolute Gasteiger partial charge is 0.376 e. The molecule has 5 nitrogen and oxygen atoms in total. The average molecular weight is 311 g/mol. The van der Waals surface area contributed by atoms with Crippen LogP contribution in [-0.2, 0) is 17.8 Å². The number of carbonyl (C=O) groups excluding carboxylic acids is 1. The second kappa shape index (κ2) is 5.46. The Morgan fingerprint density at radius 2 is 2.50 bits per heavy atom. The van der Waals surface area contributed by atoms with Crippen molar-refractivity contribution in [1.29, 1.82) is 0 Å². The number of hydrogen-bond acceptors (Lipinski definition) is 4. The Kier molecular flexibility index (Phi) is 3.67. The van der Waals surface area contributed by atoms with Crippen molar-refractivity contribution in [3.05, 3.63) is 33.2 Å². The highest BCUT2D eigenvalue weighted by Gasteiger charge is 2.25. The summed E-state index contributed by atoms with van der Waals surface area (Å²) in [6.07, 6.45) is 5.73. The summed E-state index contributed by atoms with van der Waals surface area (Å²) in [5.74, 6) is -0.0626. The molecule has 0 aromatic carbocycles. The third-order valence-corrected chi connectivity index (χ3v) is 4.75. The number of aryl methyl sites for hydroxylation is 1. The minimum Gasteiger partial charge on any atom is -0.376 e. The Hall–Kier alpha value is -1.53. The molecule has 0 spiro atoms. The first-order chi connectivity index (χ1) is 9.65. The Labute approximate surface area is 125 Å². The van der Waals surface area contributed by atoms with E-state index in [4.69, 9.17) is 11.6 Å². The lowest BCUT2D eigenvalue weighted by Crippen LogP contribution is -2.23. The van der Waals surface area contributed by atoms with E-state index in [2.05, 4.69) is 15.7 Å². The number of rotatable bonds is 4. The highest BCUT2D eigenvalue weighted by molar-refractivity contribution is 7.16. The average Bonchev–Trinajstić information content (AvgIpc) is 3.08. The van der Waals surface area contributed by atoms with Gasteiger partial charge in [-0.3, -0.25) is 9.48 Å². The van der Waals surface area contributed by atoms with Gasteiger partial charge in [-0.05, 0) is 24.5 Å². The van der Waals surface area contributed by atoms with Crippen LogP contribution in [-0.4, -0.2) is 22.7 Å². The van der Waals surface area contributed by atoms with Crippen LogP contribution in [0, 0.1) is 0 Å². The molecule has 0 aliphatic heterocycles. The summed E-state index contributed by atoms with van der Waals surface area (Å²) >= 11 is 7.71. The normalized spacial score (nSPS) is 17.0. The zero-order valence-corrected chi connectivity index (χ0v) is 12.6. The van der Waals surface area contributed by atoms with E-state index in [9.17, 15) is 4.79 Å². The molecule has 3 rings (SSSR count). The molecule has 1 amide bonds. The Bertz CT molecular complexity index is 636. The second-order valence-electron chi connectivity index (χ2n) is 4.76. The van der Waals surface area contributed by atoms with E-state index in [0.29, 0.717) is 0 Å². The van der Waals surface area contributed by atoms with Crippen molar-refractivity contribution in [1.82, 2.24) is 15.1 Å². The van der Waals surface area contributed by atoms with Crippen molar-refractivity contribution in [3.63, 3.8) is 0 Å². The smallest absolute Gasteiger partial charge is 0.241 e. The quantitative estimate of drug-likeness (QED) is 0.912. The van der Waals surface area contributed by atoms with Gasteiger partial charge in [0.1, 0.15) is 6.54 Å². The number of nitrogens with one attached hydrogen (secondary N) is 2. The first-order valence-corrected chi connectivity index (χ1v) is 7.63. The maximum absolute atomic E-state index is 11.3. The lowest BCUT2D eigenvalue weighted by molar-refractivity contribution is -0.121. The van der Waals surface area contributed by atoms with Crippen molar-refractivity contribution < 1.29 is 4.79 Å². The number of hydrogen-bond donors (Lipinski definition) is 2. The molecule has 0 fully saturated rings. The minimum absolute atomic E-state index is 0.0626. The van der Waals surface area contributed by atoms with Crippen LogP contribution in [0.2, 0.25) is 4.34 Å². The Morgan fingerprint density at radius 3 is 3.30 bits per heavy atom. The first-order valence-electron chi connectivity index (χ1n) is 6.43. The molecule has 106 valence electrons. The van der Waals surface area contributed by atoms with Gasteiger partial charge in [-0.15, -0.1) is 11.3 Å². The number of carbonyl (C=O) groups is 1. The number of halogens is 1. The van der Waals surface area contributed by atoms with Crippen LogP contribution in [0.15, 0.2) is 18.5 Å². The molecule has 1 aliphatic carbocycles. The Morgan fingerprint density at radius 1 is 1.65 bits per heavy atom. The van der Waals surface area contributed by atoms with Crippen LogP contribution in [0.25, 0.3) is 0 Å². The fourth-order valence-corrected chi connectivity index (χ4v) is 3.79. The lowest BCUT2D eigenvalue weighted by Gasteiger charge is -2.12. The van der Waals surface area contributed by atoms with Gasteiger partial charge in [0.15, 0.2) is 0 Å². The molecule has 7 heteroatoms. The third-order valence-electron chi connectivity index (χ3n) is 3.41. The molecule has 2 heterocycles. The van der Waals surface area contributed by atoms with Gasteiger partial charge in [0, 0.05) is 18.1 Å². The van der Waals surface area contributed by atoms with Gasteiger partial charge in [-0.2, -0.15) is 5.10 Å². The fraction of sp³-hybridized carbons (Fsp3) is 0.385. The highest BCUT2D eigenvalue weighted by Crippen LogP contribution is 2.40. The molecule has 1 unspecified atom stereocenters. The summed E-state index contributed by atoms with van der Waals surface area (Å²) in [6, 6.07) is 2.33. The predicted molar refractivity (Wildman–Crippen MR) is 80.3 cm³/mol. The molecule has 0 bridgehead atoms. The molecule has 1 aliphatic rings. The highest BCUT2D eigenvalue weighted by atomic mass is 35.5. The SMILES string of the molecule is CNC(=O)Cn1cc(NC2CCc3sc(Cl)cc32)cn1. The van der Waals surface area contributed by atoms with Crippen molar-refractivity contribution >= 4 is 34.5 Å². The molecule has 2 aromatic heterocycles. The summed E-state index contributed by atoms with van der Waals surface area (Å²) in [5.41, 5.74) is 2.22.